The Balaban J connectivity index is 2.39. The van der Waals surface area contributed by atoms with Gasteiger partial charge in [0.05, 0.1) is 18.1 Å². The van der Waals surface area contributed by atoms with E-state index in [-0.39, 0.29) is 18.0 Å². The zero-order valence-corrected chi connectivity index (χ0v) is 15.5. The Hall–Kier alpha value is -3.19. The molecule has 2 aromatic rings. The van der Waals surface area contributed by atoms with Crippen molar-refractivity contribution in [3.8, 4) is 17.2 Å². The zero-order chi connectivity index (χ0) is 20.0. The van der Waals surface area contributed by atoms with E-state index < -0.39 is 40.5 Å². The van der Waals surface area contributed by atoms with Crippen molar-refractivity contribution >= 4 is 33.3 Å². The molecule has 0 N–H and O–H groups in total. The van der Waals surface area contributed by atoms with Gasteiger partial charge in [0, 0.05) is 10.5 Å². The van der Waals surface area contributed by atoms with E-state index >= 15 is 0 Å². The van der Waals surface area contributed by atoms with Crippen LogP contribution in [0.5, 0.6) is 17.2 Å². The highest BCUT2D eigenvalue weighted by atomic mass is 79.9. The molecule has 0 spiro atoms. The Morgan fingerprint density at radius 1 is 1.37 bits per heavy atom. The van der Waals surface area contributed by atoms with Crippen LogP contribution in [-0.4, -0.2) is 24.1 Å². The van der Waals surface area contributed by atoms with E-state index in [0.29, 0.717) is 4.47 Å². The second-order valence-corrected chi connectivity index (χ2v) is 5.85. The maximum absolute atomic E-state index is 14.7. The minimum atomic E-state index is -1.15. The number of hydrogen-bond acceptors (Lipinski definition) is 6. The lowest BCUT2D eigenvalue weighted by Gasteiger charge is -2.12. The third kappa shape index (κ3) is 5.15. The molecule has 0 heterocycles. The van der Waals surface area contributed by atoms with Gasteiger partial charge < -0.3 is 14.2 Å². The molecule has 2 rings (SSSR count). The lowest BCUT2D eigenvalue weighted by atomic mass is 10.2. The zero-order valence-electron chi connectivity index (χ0n) is 13.9. The van der Waals surface area contributed by atoms with Crippen LogP contribution in [0.2, 0.25) is 0 Å². The van der Waals surface area contributed by atoms with Crippen LogP contribution in [0, 0.1) is 22.5 Å². The maximum atomic E-state index is 14.7. The topological polar surface area (TPSA) is 92.3 Å². The Kier molecular flexibility index (Phi) is 6.67. The molecule has 140 valence electrons. The summed E-state index contributed by atoms with van der Waals surface area (Å²) < 4.78 is 30.2. The molecule has 0 saturated heterocycles. The Bertz CT molecular complexity index is 928. The molecule has 0 saturated carbocycles. The van der Waals surface area contributed by atoms with Crippen molar-refractivity contribution in [1.82, 2.24) is 0 Å². The van der Waals surface area contributed by atoms with Crippen molar-refractivity contribution in [1.29, 1.82) is 0 Å². The van der Waals surface area contributed by atoms with Crippen molar-refractivity contribution in [2.45, 2.75) is 6.92 Å². The fraction of sp³-hybridized carbons (Fsp3) is 0.176. The van der Waals surface area contributed by atoms with Crippen LogP contribution in [0.15, 0.2) is 34.8 Å². The van der Waals surface area contributed by atoms with Gasteiger partial charge in [-0.15, -0.1) is 0 Å². The second-order valence-electron chi connectivity index (χ2n) is 4.94. The third-order valence-electron chi connectivity index (χ3n) is 3.09. The van der Waals surface area contributed by atoms with Gasteiger partial charge in [0.1, 0.15) is 5.75 Å². The number of carbonyl (C=O) groups excluding carboxylic acids is 1. The summed E-state index contributed by atoms with van der Waals surface area (Å²) in [5.41, 5.74) is -0.447. The number of esters is 1. The molecule has 0 atom stereocenters. The number of benzene rings is 2. The van der Waals surface area contributed by atoms with Gasteiger partial charge in [0.2, 0.25) is 11.6 Å². The smallest absolute Gasteiger partial charge is 0.344 e. The molecule has 27 heavy (non-hydrogen) atoms. The standard InChI is InChI=1S/C17H12BrFN2O6/c1-3-25-15(22)9-26-14-5-4-13(21(23)24)17(16(14)19)27-12-7-10(18)6-11(8-12)20-2/h4-8H,3,9H2,1H3. The fourth-order valence-electron chi connectivity index (χ4n) is 2.01. The first-order valence-corrected chi connectivity index (χ1v) is 8.26. The van der Waals surface area contributed by atoms with E-state index in [9.17, 15) is 19.3 Å². The lowest BCUT2D eigenvalue weighted by molar-refractivity contribution is -0.385. The largest absolute Gasteiger partial charge is 0.479 e. The van der Waals surface area contributed by atoms with E-state index in [0.717, 1.165) is 12.1 Å². The number of hydrogen-bond donors (Lipinski definition) is 0. The van der Waals surface area contributed by atoms with Crippen molar-refractivity contribution < 1.29 is 28.3 Å². The quantitative estimate of drug-likeness (QED) is 0.267. The number of ether oxygens (including phenoxy) is 3. The lowest BCUT2D eigenvalue weighted by Crippen LogP contribution is -2.15. The van der Waals surface area contributed by atoms with Crippen molar-refractivity contribution in [2.75, 3.05) is 13.2 Å². The molecule has 0 aliphatic heterocycles. The first kappa shape index (κ1) is 20.1. The molecular formula is C17H12BrFN2O6. The van der Waals surface area contributed by atoms with Gasteiger partial charge in [0.25, 0.3) is 0 Å². The number of halogens is 2. The molecule has 2 aromatic carbocycles. The molecule has 0 aliphatic rings. The van der Waals surface area contributed by atoms with E-state index in [1.165, 1.54) is 18.2 Å². The predicted octanol–water partition coefficient (Wildman–Crippen LogP) is 4.78. The number of nitro benzene ring substituents is 1. The molecular weight excluding hydrogens is 427 g/mol. The van der Waals surface area contributed by atoms with Gasteiger partial charge in [-0.3, -0.25) is 10.1 Å². The van der Waals surface area contributed by atoms with Gasteiger partial charge in [0.15, 0.2) is 18.0 Å². The van der Waals surface area contributed by atoms with E-state index in [4.69, 9.17) is 16.0 Å². The molecule has 0 unspecified atom stereocenters. The summed E-state index contributed by atoms with van der Waals surface area (Å²) in [6.07, 6.45) is 0. The summed E-state index contributed by atoms with van der Waals surface area (Å²) in [5.74, 6) is -2.97. The molecule has 0 amide bonds. The van der Waals surface area contributed by atoms with Crippen LogP contribution >= 0.6 is 15.9 Å². The number of nitrogens with zero attached hydrogens (tertiary/aromatic N) is 2. The summed E-state index contributed by atoms with van der Waals surface area (Å²) >= 11 is 3.18. The fourth-order valence-corrected chi connectivity index (χ4v) is 2.47. The van der Waals surface area contributed by atoms with Gasteiger partial charge in [-0.2, -0.15) is 4.39 Å². The minimum Gasteiger partial charge on any atom is -0.479 e. The third-order valence-corrected chi connectivity index (χ3v) is 3.55. The van der Waals surface area contributed by atoms with Crippen LogP contribution in [-0.2, 0) is 9.53 Å². The van der Waals surface area contributed by atoms with E-state index in [1.54, 1.807) is 6.92 Å². The Labute approximate surface area is 161 Å². The highest BCUT2D eigenvalue weighted by Crippen LogP contribution is 2.40. The molecule has 10 heteroatoms. The summed E-state index contributed by atoms with van der Waals surface area (Å²) in [6.45, 7) is 8.20. The van der Waals surface area contributed by atoms with Gasteiger partial charge in [-0.1, -0.05) is 15.9 Å². The molecule has 0 bridgehead atoms. The minimum absolute atomic E-state index is 0.0138. The van der Waals surface area contributed by atoms with Crippen LogP contribution < -0.4 is 9.47 Å². The molecule has 0 fully saturated rings. The van der Waals surface area contributed by atoms with Crippen molar-refractivity contribution in [3.63, 3.8) is 0 Å². The summed E-state index contributed by atoms with van der Waals surface area (Å²) in [6, 6.07) is 6.23. The van der Waals surface area contributed by atoms with Crippen LogP contribution in [0.4, 0.5) is 15.8 Å². The Morgan fingerprint density at radius 3 is 2.74 bits per heavy atom. The van der Waals surface area contributed by atoms with Gasteiger partial charge in [-0.05, 0) is 31.2 Å². The Morgan fingerprint density at radius 2 is 2.11 bits per heavy atom. The summed E-state index contributed by atoms with van der Waals surface area (Å²) in [4.78, 5) is 25.0. The van der Waals surface area contributed by atoms with Gasteiger partial charge in [-0.25, -0.2) is 9.64 Å². The monoisotopic (exact) mass is 438 g/mol. The predicted molar refractivity (Wildman–Crippen MR) is 95.7 cm³/mol. The first-order chi connectivity index (χ1) is 12.8. The first-order valence-electron chi connectivity index (χ1n) is 7.47. The second kappa shape index (κ2) is 8.95. The van der Waals surface area contributed by atoms with Crippen LogP contribution in [0.25, 0.3) is 4.85 Å². The molecule has 8 nitrogen and oxygen atoms in total. The molecule has 0 aromatic heterocycles. The van der Waals surface area contributed by atoms with Crippen LogP contribution in [0.1, 0.15) is 6.92 Å². The van der Waals surface area contributed by atoms with Crippen LogP contribution in [0.3, 0.4) is 0 Å². The number of nitro groups is 1. The van der Waals surface area contributed by atoms with E-state index in [2.05, 4.69) is 25.5 Å². The number of rotatable bonds is 7. The normalized spacial score (nSPS) is 10.0. The highest BCUT2D eigenvalue weighted by molar-refractivity contribution is 9.10. The summed E-state index contributed by atoms with van der Waals surface area (Å²) in [5, 5.41) is 11.2. The van der Waals surface area contributed by atoms with E-state index in [1.807, 2.05) is 0 Å². The molecule has 0 radical (unpaired) electrons. The van der Waals surface area contributed by atoms with Crippen molar-refractivity contribution in [2.24, 2.45) is 0 Å². The number of carbonyl (C=O) groups is 1. The van der Waals surface area contributed by atoms with Gasteiger partial charge >= 0.3 is 11.7 Å². The SMILES string of the molecule is [C-]#[N+]c1cc(Br)cc(Oc2c([N+](=O)[O-])ccc(OCC(=O)OCC)c2F)c1. The highest BCUT2D eigenvalue weighted by Gasteiger charge is 2.25. The maximum Gasteiger partial charge on any atom is 0.344 e. The van der Waals surface area contributed by atoms with Crippen molar-refractivity contribution in [3.05, 3.63) is 62.2 Å². The average Bonchev–Trinajstić information content (AvgIpc) is 2.61. The average molecular weight is 439 g/mol. The molecule has 0 aliphatic carbocycles. The summed E-state index contributed by atoms with van der Waals surface area (Å²) in [7, 11) is 0.